The molecule has 2 aliphatic rings. The van der Waals surface area contributed by atoms with Gasteiger partial charge in [-0.05, 0) is 32.8 Å². The lowest BCUT2D eigenvalue weighted by Gasteiger charge is -2.36. The molecule has 144 valence electrons. The summed E-state index contributed by atoms with van der Waals surface area (Å²) in [4.78, 5) is 34.2. The van der Waals surface area contributed by atoms with Gasteiger partial charge in [-0.1, -0.05) is 12.8 Å². The van der Waals surface area contributed by atoms with Gasteiger partial charge in [0.1, 0.15) is 0 Å². The molecule has 1 aliphatic carbocycles. The molecular formula is C20H27N5O2. The predicted molar refractivity (Wildman–Crippen MR) is 102 cm³/mol. The Morgan fingerprint density at radius 1 is 1.04 bits per heavy atom. The van der Waals surface area contributed by atoms with Crippen LogP contribution in [0.4, 0.5) is 0 Å². The Hall–Kier alpha value is -2.44. The van der Waals surface area contributed by atoms with Gasteiger partial charge in [0.15, 0.2) is 5.65 Å². The smallest absolute Gasteiger partial charge is 0.254 e. The predicted octanol–water partition coefficient (Wildman–Crippen LogP) is 2.06. The number of piperazine rings is 1. The van der Waals surface area contributed by atoms with Gasteiger partial charge in [-0.25, -0.2) is 4.98 Å². The summed E-state index contributed by atoms with van der Waals surface area (Å²) in [5.41, 5.74) is 3.03. The van der Waals surface area contributed by atoms with E-state index >= 15 is 0 Å². The first-order valence-corrected chi connectivity index (χ1v) is 9.84. The van der Waals surface area contributed by atoms with Crippen LogP contribution in [0.3, 0.4) is 0 Å². The Bertz CT molecular complexity index is 889. The molecule has 0 unspecified atom stereocenters. The zero-order valence-corrected chi connectivity index (χ0v) is 16.4. The fourth-order valence-electron chi connectivity index (χ4n) is 4.47. The van der Waals surface area contributed by atoms with E-state index in [0.717, 1.165) is 48.1 Å². The molecule has 7 heteroatoms. The van der Waals surface area contributed by atoms with Crippen LogP contribution in [0, 0.1) is 19.8 Å². The molecule has 0 radical (unpaired) electrons. The van der Waals surface area contributed by atoms with E-state index in [-0.39, 0.29) is 17.7 Å². The van der Waals surface area contributed by atoms with E-state index in [9.17, 15) is 9.59 Å². The van der Waals surface area contributed by atoms with Crippen LogP contribution in [0.5, 0.6) is 0 Å². The second-order valence-electron chi connectivity index (χ2n) is 7.82. The first-order valence-electron chi connectivity index (χ1n) is 9.84. The molecule has 0 spiro atoms. The number of hydrogen-bond acceptors (Lipinski definition) is 4. The molecule has 1 saturated heterocycles. The van der Waals surface area contributed by atoms with E-state index < -0.39 is 0 Å². The molecule has 7 nitrogen and oxygen atoms in total. The lowest BCUT2D eigenvalue weighted by atomic mass is 10.1. The first kappa shape index (κ1) is 17.9. The number of nitrogens with zero attached hydrogens (tertiary/aromatic N) is 5. The Balaban J connectivity index is 1.51. The molecule has 27 heavy (non-hydrogen) atoms. The molecule has 0 aromatic carbocycles. The van der Waals surface area contributed by atoms with Crippen LogP contribution in [-0.2, 0) is 11.8 Å². The van der Waals surface area contributed by atoms with Gasteiger partial charge in [-0.3, -0.25) is 14.3 Å². The monoisotopic (exact) mass is 369 g/mol. The summed E-state index contributed by atoms with van der Waals surface area (Å²) in [6, 6.07) is 1.86. The zero-order valence-electron chi connectivity index (χ0n) is 16.4. The minimum atomic E-state index is 0.00886. The highest BCUT2D eigenvalue weighted by atomic mass is 16.2. The average molecular weight is 369 g/mol. The normalized spacial score (nSPS) is 18.5. The van der Waals surface area contributed by atoms with Crippen molar-refractivity contribution in [2.24, 2.45) is 13.0 Å². The molecule has 2 aromatic rings. The second-order valence-corrected chi connectivity index (χ2v) is 7.82. The Morgan fingerprint density at radius 3 is 2.33 bits per heavy atom. The van der Waals surface area contributed by atoms with Crippen LogP contribution >= 0.6 is 0 Å². The molecule has 2 aromatic heterocycles. The van der Waals surface area contributed by atoms with Crippen molar-refractivity contribution in [3.05, 3.63) is 23.0 Å². The number of rotatable bonds is 2. The van der Waals surface area contributed by atoms with Gasteiger partial charge in [-0.15, -0.1) is 0 Å². The van der Waals surface area contributed by atoms with Crippen molar-refractivity contribution in [3.63, 3.8) is 0 Å². The van der Waals surface area contributed by atoms with Gasteiger partial charge in [-0.2, -0.15) is 5.10 Å². The third-order valence-corrected chi connectivity index (χ3v) is 5.91. The highest BCUT2D eigenvalue weighted by Gasteiger charge is 2.31. The zero-order chi connectivity index (χ0) is 19.1. The highest BCUT2D eigenvalue weighted by molar-refractivity contribution is 6.06. The molecule has 0 N–H and O–H groups in total. The molecule has 2 amide bonds. The number of hydrogen-bond donors (Lipinski definition) is 0. The third kappa shape index (κ3) is 3.19. The molecule has 1 saturated carbocycles. The molecule has 0 atom stereocenters. The quantitative estimate of drug-likeness (QED) is 0.812. The Kier molecular flexibility index (Phi) is 4.61. The Morgan fingerprint density at radius 2 is 1.67 bits per heavy atom. The van der Waals surface area contributed by atoms with E-state index in [2.05, 4.69) is 10.1 Å². The maximum Gasteiger partial charge on any atom is 0.254 e. The average Bonchev–Trinajstić information content (AvgIpc) is 3.29. The summed E-state index contributed by atoms with van der Waals surface area (Å²) in [7, 11) is 1.85. The fourth-order valence-corrected chi connectivity index (χ4v) is 4.47. The number of carbonyl (C=O) groups is 2. The van der Waals surface area contributed by atoms with Crippen molar-refractivity contribution in [1.29, 1.82) is 0 Å². The number of amides is 2. The fraction of sp³-hybridized carbons (Fsp3) is 0.600. The van der Waals surface area contributed by atoms with Gasteiger partial charge in [0.25, 0.3) is 5.91 Å². The van der Waals surface area contributed by atoms with Crippen molar-refractivity contribution in [1.82, 2.24) is 24.6 Å². The third-order valence-electron chi connectivity index (χ3n) is 5.91. The summed E-state index contributed by atoms with van der Waals surface area (Å²) in [5.74, 6) is 0.493. The SMILES string of the molecule is Cc1cc(C(=O)N2CCN(C(=O)C3CCCC3)CC2)c2c(C)nn(C)c2n1. The van der Waals surface area contributed by atoms with Crippen LogP contribution in [-0.4, -0.2) is 62.6 Å². The maximum atomic E-state index is 13.2. The van der Waals surface area contributed by atoms with Crippen molar-refractivity contribution in [2.75, 3.05) is 26.2 Å². The lowest BCUT2D eigenvalue weighted by Crippen LogP contribution is -2.51. The molecule has 0 bridgehead atoms. The van der Waals surface area contributed by atoms with E-state index in [1.807, 2.05) is 36.8 Å². The van der Waals surface area contributed by atoms with Crippen molar-refractivity contribution >= 4 is 22.8 Å². The van der Waals surface area contributed by atoms with Crippen LogP contribution in [0.25, 0.3) is 11.0 Å². The van der Waals surface area contributed by atoms with Gasteiger partial charge in [0, 0.05) is 44.8 Å². The highest BCUT2D eigenvalue weighted by Crippen LogP contribution is 2.27. The topological polar surface area (TPSA) is 71.3 Å². The summed E-state index contributed by atoms with van der Waals surface area (Å²) >= 11 is 0. The summed E-state index contributed by atoms with van der Waals surface area (Å²) in [6.45, 7) is 6.23. The number of pyridine rings is 1. The molecule has 2 fully saturated rings. The van der Waals surface area contributed by atoms with Gasteiger partial charge >= 0.3 is 0 Å². The van der Waals surface area contributed by atoms with Crippen LogP contribution in [0.2, 0.25) is 0 Å². The molecule has 1 aliphatic heterocycles. The van der Waals surface area contributed by atoms with Crippen LogP contribution < -0.4 is 0 Å². The van der Waals surface area contributed by atoms with E-state index in [0.29, 0.717) is 31.7 Å². The van der Waals surface area contributed by atoms with Crippen molar-refractivity contribution in [2.45, 2.75) is 39.5 Å². The van der Waals surface area contributed by atoms with Crippen LogP contribution in [0.15, 0.2) is 6.07 Å². The summed E-state index contributed by atoms with van der Waals surface area (Å²) in [6.07, 6.45) is 4.37. The van der Waals surface area contributed by atoms with Crippen molar-refractivity contribution < 1.29 is 9.59 Å². The Labute approximate surface area is 159 Å². The number of aromatic nitrogens is 3. The van der Waals surface area contributed by atoms with Gasteiger partial charge in [0.05, 0.1) is 16.6 Å². The van der Waals surface area contributed by atoms with E-state index in [1.165, 1.54) is 0 Å². The largest absolute Gasteiger partial charge is 0.339 e. The molecule has 4 rings (SSSR count). The minimum Gasteiger partial charge on any atom is -0.339 e. The van der Waals surface area contributed by atoms with E-state index in [1.54, 1.807) is 4.68 Å². The van der Waals surface area contributed by atoms with Crippen molar-refractivity contribution in [3.8, 4) is 0 Å². The molecular weight excluding hydrogens is 342 g/mol. The summed E-state index contributed by atoms with van der Waals surface area (Å²) in [5, 5.41) is 5.26. The van der Waals surface area contributed by atoms with Gasteiger partial charge < -0.3 is 9.80 Å². The standard InChI is InChI=1S/C20H27N5O2/c1-13-12-16(17-14(2)22-23(3)18(17)21-13)20(27)25-10-8-24(9-11-25)19(26)15-6-4-5-7-15/h12,15H,4-11H2,1-3H3. The lowest BCUT2D eigenvalue weighted by molar-refractivity contribution is -0.136. The van der Waals surface area contributed by atoms with Gasteiger partial charge in [0.2, 0.25) is 5.91 Å². The number of aryl methyl sites for hydroxylation is 3. The first-order chi connectivity index (χ1) is 13.0. The number of fused-ring (bicyclic) bond motifs is 1. The summed E-state index contributed by atoms with van der Waals surface area (Å²) < 4.78 is 1.73. The van der Waals surface area contributed by atoms with Crippen LogP contribution in [0.1, 0.15) is 47.4 Å². The molecule has 3 heterocycles. The van der Waals surface area contributed by atoms with E-state index in [4.69, 9.17) is 0 Å². The maximum absolute atomic E-state index is 13.2. The number of carbonyl (C=O) groups excluding carboxylic acids is 2. The minimum absolute atomic E-state index is 0.00886. The second kappa shape index (κ2) is 6.94.